The highest BCUT2D eigenvalue weighted by molar-refractivity contribution is 6.29. The zero-order valence-corrected chi connectivity index (χ0v) is 10.1. The third-order valence-corrected chi connectivity index (χ3v) is 2.11. The Labute approximate surface area is 95.7 Å². The van der Waals surface area contributed by atoms with Crippen LogP contribution in [-0.4, -0.2) is 34.2 Å². The first kappa shape index (κ1) is 12.4. The van der Waals surface area contributed by atoms with Gasteiger partial charge in [0.15, 0.2) is 0 Å². The minimum absolute atomic E-state index is 0.504. The van der Waals surface area contributed by atoms with Crippen LogP contribution in [0.2, 0.25) is 5.15 Å². The fraction of sp³-hybridized carbons (Fsp3) is 0.545. The molecule has 84 valence electrons. The van der Waals surface area contributed by atoms with Gasteiger partial charge in [-0.15, -0.1) is 0 Å². The molecule has 3 nitrogen and oxygen atoms in total. The van der Waals surface area contributed by atoms with Crippen molar-refractivity contribution in [2.24, 2.45) is 0 Å². The summed E-state index contributed by atoms with van der Waals surface area (Å²) < 4.78 is 0. The Balaban J connectivity index is 2.55. The topological polar surface area (TPSA) is 36.4 Å². The van der Waals surface area contributed by atoms with Gasteiger partial charge in [-0.25, -0.2) is 4.98 Å². The van der Waals surface area contributed by atoms with Gasteiger partial charge in [-0.3, -0.25) is 4.90 Å². The quantitative estimate of drug-likeness (QED) is 0.801. The minimum atomic E-state index is -0.675. The molecule has 4 heteroatoms. The Morgan fingerprint density at radius 1 is 1.53 bits per heavy atom. The van der Waals surface area contributed by atoms with E-state index in [1.807, 2.05) is 24.1 Å². The zero-order chi connectivity index (χ0) is 11.5. The summed E-state index contributed by atoms with van der Waals surface area (Å²) in [5.74, 6) is 0. The fourth-order valence-electron chi connectivity index (χ4n) is 1.57. The van der Waals surface area contributed by atoms with Crippen molar-refractivity contribution in [2.75, 3.05) is 13.6 Å². The van der Waals surface area contributed by atoms with E-state index in [0.29, 0.717) is 11.7 Å². The molecule has 0 aliphatic carbocycles. The van der Waals surface area contributed by atoms with Crippen molar-refractivity contribution in [2.45, 2.75) is 26.0 Å². The summed E-state index contributed by atoms with van der Waals surface area (Å²) in [6, 6.07) is 3.76. The molecular formula is C11H17ClN2O. The molecule has 0 radical (unpaired) electrons. The van der Waals surface area contributed by atoms with Gasteiger partial charge in [0.2, 0.25) is 0 Å². The number of rotatable bonds is 4. The molecule has 0 fully saturated rings. The third kappa shape index (κ3) is 5.11. The van der Waals surface area contributed by atoms with Crippen molar-refractivity contribution < 1.29 is 5.11 Å². The lowest BCUT2D eigenvalue weighted by Crippen LogP contribution is -2.35. The van der Waals surface area contributed by atoms with E-state index >= 15 is 0 Å². The molecule has 0 aliphatic heterocycles. The van der Waals surface area contributed by atoms with Gasteiger partial charge in [-0.1, -0.05) is 11.6 Å². The van der Waals surface area contributed by atoms with E-state index in [1.54, 1.807) is 20.0 Å². The number of hydrogen-bond acceptors (Lipinski definition) is 3. The average Bonchev–Trinajstić information content (AvgIpc) is 1.99. The number of aliphatic hydroxyl groups is 1. The van der Waals surface area contributed by atoms with Crippen molar-refractivity contribution in [1.29, 1.82) is 0 Å². The number of nitrogens with zero attached hydrogens (tertiary/aromatic N) is 2. The monoisotopic (exact) mass is 228 g/mol. The van der Waals surface area contributed by atoms with Crippen molar-refractivity contribution >= 4 is 11.6 Å². The van der Waals surface area contributed by atoms with Crippen LogP contribution in [-0.2, 0) is 6.54 Å². The summed E-state index contributed by atoms with van der Waals surface area (Å²) in [6.07, 6.45) is 1.69. The molecule has 15 heavy (non-hydrogen) atoms. The lowest BCUT2D eigenvalue weighted by molar-refractivity contribution is 0.0425. The van der Waals surface area contributed by atoms with Crippen LogP contribution in [0.4, 0.5) is 0 Å². The molecule has 1 aromatic rings. The van der Waals surface area contributed by atoms with Crippen LogP contribution in [0.3, 0.4) is 0 Å². The van der Waals surface area contributed by atoms with Crippen LogP contribution in [0, 0.1) is 0 Å². The van der Waals surface area contributed by atoms with E-state index in [-0.39, 0.29) is 0 Å². The normalized spacial score (nSPS) is 12.1. The maximum atomic E-state index is 9.64. The lowest BCUT2D eigenvalue weighted by Gasteiger charge is -2.25. The Kier molecular flexibility index (Phi) is 4.08. The lowest BCUT2D eigenvalue weighted by atomic mass is 10.1. The molecule has 0 atom stereocenters. The van der Waals surface area contributed by atoms with E-state index in [2.05, 4.69) is 4.98 Å². The molecule has 1 heterocycles. The number of likely N-dealkylation sites (N-methyl/N-ethyl adjacent to an activating group) is 1. The van der Waals surface area contributed by atoms with Gasteiger partial charge in [0, 0.05) is 19.3 Å². The molecule has 0 unspecified atom stereocenters. The summed E-state index contributed by atoms with van der Waals surface area (Å²) in [5.41, 5.74) is 0.424. The highest BCUT2D eigenvalue weighted by atomic mass is 35.5. The van der Waals surface area contributed by atoms with E-state index in [9.17, 15) is 5.11 Å². The van der Waals surface area contributed by atoms with Crippen molar-refractivity contribution in [3.8, 4) is 0 Å². The summed E-state index contributed by atoms with van der Waals surface area (Å²) >= 11 is 5.78. The Morgan fingerprint density at radius 2 is 2.20 bits per heavy atom. The molecule has 1 aromatic heterocycles. The molecule has 0 saturated heterocycles. The molecule has 0 aliphatic rings. The van der Waals surface area contributed by atoms with Gasteiger partial charge in [0.1, 0.15) is 5.15 Å². The Bertz CT molecular complexity index is 323. The van der Waals surface area contributed by atoms with Crippen LogP contribution in [0.1, 0.15) is 19.4 Å². The number of aromatic nitrogens is 1. The van der Waals surface area contributed by atoms with Gasteiger partial charge in [0.25, 0.3) is 0 Å². The third-order valence-electron chi connectivity index (χ3n) is 1.90. The van der Waals surface area contributed by atoms with Gasteiger partial charge in [0.05, 0.1) is 5.60 Å². The first-order valence-electron chi connectivity index (χ1n) is 4.88. The maximum absolute atomic E-state index is 9.64. The number of hydrogen-bond donors (Lipinski definition) is 1. The van der Waals surface area contributed by atoms with Crippen LogP contribution < -0.4 is 0 Å². The first-order chi connectivity index (χ1) is 6.87. The highest BCUT2D eigenvalue weighted by Gasteiger charge is 2.15. The summed E-state index contributed by atoms with van der Waals surface area (Å²) in [6.45, 7) is 4.96. The smallest absolute Gasteiger partial charge is 0.129 e. The van der Waals surface area contributed by atoms with Crippen LogP contribution in [0.5, 0.6) is 0 Å². The van der Waals surface area contributed by atoms with E-state index in [0.717, 1.165) is 12.1 Å². The van der Waals surface area contributed by atoms with Crippen molar-refractivity contribution in [1.82, 2.24) is 9.88 Å². The van der Waals surface area contributed by atoms with Crippen LogP contribution in [0.15, 0.2) is 18.3 Å². The molecule has 0 amide bonds. The standard InChI is InChI=1S/C11H17ClN2O/c1-11(2,15)8-14(3)7-9-4-5-13-10(12)6-9/h4-6,15H,7-8H2,1-3H3. The summed E-state index contributed by atoms with van der Waals surface area (Å²) in [5, 5.41) is 10.1. The molecule has 0 saturated carbocycles. The molecule has 1 rings (SSSR count). The SMILES string of the molecule is CN(Cc1ccnc(Cl)c1)CC(C)(C)O. The highest BCUT2D eigenvalue weighted by Crippen LogP contribution is 2.11. The predicted octanol–water partition coefficient (Wildman–Crippen LogP) is 1.94. The summed E-state index contributed by atoms with van der Waals surface area (Å²) in [7, 11) is 1.96. The number of halogens is 1. The fourth-order valence-corrected chi connectivity index (χ4v) is 1.77. The molecule has 0 aromatic carbocycles. The second-order valence-corrected chi connectivity index (χ2v) is 4.86. The van der Waals surface area contributed by atoms with Gasteiger partial charge in [-0.2, -0.15) is 0 Å². The average molecular weight is 229 g/mol. The van der Waals surface area contributed by atoms with Gasteiger partial charge in [-0.05, 0) is 38.6 Å². The number of pyridine rings is 1. The van der Waals surface area contributed by atoms with Crippen LogP contribution >= 0.6 is 11.6 Å². The van der Waals surface area contributed by atoms with Crippen LogP contribution in [0.25, 0.3) is 0 Å². The molecule has 0 spiro atoms. The van der Waals surface area contributed by atoms with E-state index in [1.165, 1.54) is 0 Å². The second-order valence-electron chi connectivity index (χ2n) is 4.47. The molecule has 1 N–H and O–H groups in total. The van der Waals surface area contributed by atoms with Crippen molar-refractivity contribution in [3.63, 3.8) is 0 Å². The second kappa shape index (κ2) is 4.92. The van der Waals surface area contributed by atoms with Gasteiger partial charge >= 0.3 is 0 Å². The Morgan fingerprint density at radius 3 is 2.73 bits per heavy atom. The predicted molar refractivity (Wildman–Crippen MR) is 61.9 cm³/mol. The molecular weight excluding hydrogens is 212 g/mol. The first-order valence-corrected chi connectivity index (χ1v) is 5.26. The van der Waals surface area contributed by atoms with Gasteiger partial charge < -0.3 is 5.11 Å². The minimum Gasteiger partial charge on any atom is -0.389 e. The van der Waals surface area contributed by atoms with E-state index in [4.69, 9.17) is 11.6 Å². The summed E-state index contributed by atoms with van der Waals surface area (Å²) in [4.78, 5) is 5.97. The van der Waals surface area contributed by atoms with Crippen molar-refractivity contribution in [3.05, 3.63) is 29.0 Å². The maximum Gasteiger partial charge on any atom is 0.129 e. The Hall–Kier alpha value is -0.640. The zero-order valence-electron chi connectivity index (χ0n) is 9.37. The molecule has 0 bridgehead atoms. The largest absolute Gasteiger partial charge is 0.389 e. The van der Waals surface area contributed by atoms with E-state index < -0.39 is 5.60 Å².